The lowest BCUT2D eigenvalue weighted by molar-refractivity contribution is -0.131. The number of carbonyl (C=O) groups is 4. The van der Waals surface area contributed by atoms with Gasteiger partial charge in [-0.05, 0) is 25.2 Å². The molecule has 0 aromatic carbocycles. The van der Waals surface area contributed by atoms with Crippen molar-refractivity contribution in [2.75, 3.05) is 0 Å². The van der Waals surface area contributed by atoms with E-state index >= 15 is 0 Å². The van der Waals surface area contributed by atoms with Gasteiger partial charge in [-0.25, -0.2) is 0 Å². The van der Waals surface area contributed by atoms with Crippen molar-refractivity contribution >= 4 is 23.1 Å². The molecule has 1 aliphatic carbocycles. The summed E-state index contributed by atoms with van der Waals surface area (Å²) in [6, 6.07) is 0. The molecular weight excluding hydrogens is 280 g/mol. The van der Waals surface area contributed by atoms with Crippen molar-refractivity contribution in [1.82, 2.24) is 0 Å². The van der Waals surface area contributed by atoms with Crippen molar-refractivity contribution in [3.05, 3.63) is 0 Å². The molecule has 0 amide bonds. The van der Waals surface area contributed by atoms with Crippen LogP contribution < -0.4 is 0 Å². The molecular formula is C18H28O4. The van der Waals surface area contributed by atoms with Crippen molar-refractivity contribution in [1.29, 1.82) is 0 Å². The summed E-state index contributed by atoms with van der Waals surface area (Å²) >= 11 is 0. The highest BCUT2D eigenvalue weighted by atomic mass is 16.1. The van der Waals surface area contributed by atoms with E-state index in [0.717, 1.165) is 12.8 Å². The van der Waals surface area contributed by atoms with E-state index in [4.69, 9.17) is 0 Å². The van der Waals surface area contributed by atoms with Crippen LogP contribution in [0.15, 0.2) is 0 Å². The molecule has 4 nitrogen and oxygen atoms in total. The molecule has 0 N–H and O–H groups in total. The first kappa shape index (κ1) is 18.7. The first-order chi connectivity index (χ1) is 10.5. The Balaban J connectivity index is 2.33. The van der Waals surface area contributed by atoms with E-state index < -0.39 is 0 Å². The maximum Gasteiger partial charge on any atom is 0.136 e. The second-order valence-corrected chi connectivity index (χ2v) is 6.43. The first-order valence-corrected chi connectivity index (χ1v) is 8.54. The monoisotopic (exact) mass is 308 g/mol. The zero-order chi connectivity index (χ0) is 16.5. The molecule has 0 saturated heterocycles. The Kier molecular flexibility index (Phi) is 8.21. The number of ketones is 4. The highest BCUT2D eigenvalue weighted by Crippen LogP contribution is 2.31. The van der Waals surface area contributed by atoms with Crippen LogP contribution in [0.5, 0.6) is 0 Å². The summed E-state index contributed by atoms with van der Waals surface area (Å²) in [7, 11) is 0. The molecule has 0 heterocycles. The fraction of sp³-hybridized carbons (Fsp3) is 0.778. The number of hydrogen-bond donors (Lipinski definition) is 0. The standard InChI is InChI=1S/C18H28O4/c1-3-5-15(19)8-9-16(20)7-6-13-10-14(18(22)4-2)12-17(21)11-13/h13-14H,3-12H2,1-2H3. The maximum absolute atomic E-state index is 11.8. The predicted octanol–water partition coefficient (Wildman–Crippen LogP) is 3.45. The summed E-state index contributed by atoms with van der Waals surface area (Å²) in [5, 5.41) is 0. The van der Waals surface area contributed by atoms with Gasteiger partial charge < -0.3 is 0 Å². The SMILES string of the molecule is CCCC(=O)CCC(=O)CCC1CC(=O)CC(C(=O)CC)C1. The Labute approximate surface area is 133 Å². The fourth-order valence-corrected chi connectivity index (χ4v) is 3.18. The average Bonchev–Trinajstić information content (AvgIpc) is 2.49. The molecule has 0 aliphatic heterocycles. The summed E-state index contributed by atoms with van der Waals surface area (Å²) in [6.45, 7) is 3.78. The second-order valence-electron chi connectivity index (χ2n) is 6.43. The van der Waals surface area contributed by atoms with E-state index in [2.05, 4.69) is 0 Å². The van der Waals surface area contributed by atoms with Gasteiger partial charge in [0.2, 0.25) is 0 Å². The molecule has 0 bridgehead atoms. The highest BCUT2D eigenvalue weighted by molar-refractivity contribution is 5.89. The Morgan fingerprint density at radius 1 is 0.955 bits per heavy atom. The van der Waals surface area contributed by atoms with Crippen LogP contribution in [0.3, 0.4) is 0 Å². The molecule has 124 valence electrons. The lowest BCUT2D eigenvalue weighted by Gasteiger charge is -2.27. The van der Waals surface area contributed by atoms with E-state index in [1.54, 1.807) is 0 Å². The van der Waals surface area contributed by atoms with Gasteiger partial charge in [-0.15, -0.1) is 0 Å². The lowest BCUT2D eigenvalue weighted by Crippen LogP contribution is -2.28. The molecule has 4 heteroatoms. The second kappa shape index (κ2) is 9.65. The fourth-order valence-electron chi connectivity index (χ4n) is 3.18. The number of carbonyl (C=O) groups excluding carboxylic acids is 4. The van der Waals surface area contributed by atoms with Crippen LogP contribution in [0.2, 0.25) is 0 Å². The Morgan fingerprint density at radius 3 is 2.18 bits per heavy atom. The zero-order valence-corrected chi connectivity index (χ0v) is 13.9. The van der Waals surface area contributed by atoms with Crippen LogP contribution in [-0.4, -0.2) is 23.1 Å². The summed E-state index contributed by atoms with van der Waals surface area (Å²) in [4.78, 5) is 46.8. The molecule has 1 saturated carbocycles. The molecule has 1 fully saturated rings. The summed E-state index contributed by atoms with van der Waals surface area (Å²) in [5.74, 6) is 0.566. The molecule has 1 aliphatic rings. The van der Waals surface area contributed by atoms with Gasteiger partial charge in [0.15, 0.2) is 0 Å². The Morgan fingerprint density at radius 2 is 1.59 bits per heavy atom. The van der Waals surface area contributed by atoms with Gasteiger partial charge in [0.25, 0.3) is 0 Å². The third-order valence-electron chi connectivity index (χ3n) is 4.46. The highest BCUT2D eigenvalue weighted by Gasteiger charge is 2.30. The van der Waals surface area contributed by atoms with Crippen LogP contribution in [0.4, 0.5) is 0 Å². The predicted molar refractivity (Wildman–Crippen MR) is 84.5 cm³/mol. The summed E-state index contributed by atoms with van der Waals surface area (Å²) < 4.78 is 0. The van der Waals surface area contributed by atoms with Gasteiger partial charge >= 0.3 is 0 Å². The average molecular weight is 308 g/mol. The topological polar surface area (TPSA) is 68.3 Å². The quantitative estimate of drug-likeness (QED) is 0.620. The first-order valence-electron chi connectivity index (χ1n) is 8.54. The molecule has 2 atom stereocenters. The Hall–Kier alpha value is -1.32. The van der Waals surface area contributed by atoms with Gasteiger partial charge in [0.1, 0.15) is 23.1 Å². The smallest absolute Gasteiger partial charge is 0.136 e. The van der Waals surface area contributed by atoms with Gasteiger partial charge in [0.05, 0.1) is 0 Å². The molecule has 0 aromatic rings. The third kappa shape index (κ3) is 6.63. The Bertz CT molecular complexity index is 425. The van der Waals surface area contributed by atoms with Gasteiger partial charge in [-0.1, -0.05) is 13.8 Å². The van der Waals surface area contributed by atoms with Crippen LogP contribution >= 0.6 is 0 Å². The van der Waals surface area contributed by atoms with Crippen LogP contribution in [0.25, 0.3) is 0 Å². The van der Waals surface area contributed by atoms with Gasteiger partial charge in [0, 0.05) is 50.9 Å². The maximum atomic E-state index is 11.8. The van der Waals surface area contributed by atoms with Crippen LogP contribution in [-0.2, 0) is 19.2 Å². The van der Waals surface area contributed by atoms with Crippen molar-refractivity contribution in [3.8, 4) is 0 Å². The van der Waals surface area contributed by atoms with Crippen molar-refractivity contribution in [2.45, 2.75) is 78.1 Å². The molecule has 0 spiro atoms. The normalized spacial score (nSPS) is 21.6. The minimum Gasteiger partial charge on any atom is -0.300 e. The van der Waals surface area contributed by atoms with Gasteiger partial charge in [-0.3, -0.25) is 19.2 Å². The van der Waals surface area contributed by atoms with Crippen molar-refractivity contribution in [3.63, 3.8) is 0 Å². The lowest BCUT2D eigenvalue weighted by atomic mass is 9.76. The minimum absolute atomic E-state index is 0.0980. The summed E-state index contributed by atoms with van der Waals surface area (Å²) in [6.07, 6.45) is 5.20. The zero-order valence-electron chi connectivity index (χ0n) is 13.9. The molecule has 0 aromatic heterocycles. The van der Waals surface area contributed by atoms with E-state index in [1.807, 2.05) is 13.8 Å². The van der Waals surface area contributed by atoms with E-state index in [1.165, 1.54) is 0 Å². The van der Waals surface area contributed by atoms with Crippen LogP contribution in [0.1, 0.15) is 78.1 Å². The van der Waals surface area contributed by atoms with Crippen molar-refractivity contribution < 1.29 is 19.2 Å². The van der Waals surface area contributed by atoms with E-state index in [-0.39, 0.29) is 35.0 Å². The molecule has 2 unspecified atom stereocenters. The van der Waals surface area contributed by atoms with Crippen LogP contribution in [0, 0.1) is 11.8 Å². The molecule has 22 heavy (non-hydrogen) atoms. The van der Waals surface area contributed by atoms with E-state index in [0.29, 0.717) is 51.4 Å². The number of rotatable bonds is 10. The van der Waals surface area contributed by atoms with Gasteiger partial charge in [-0.2, -0.15) is 0 Å². The van der Waals surface area contributed by atoms with Crippen molar-refractivity contribution in [2.24, 2.45) is 11.8 Å². The number of Topliss-reactive ketones (excluding diaryl/α,β-unsaturated/α-hetero) is 4. The number of hydrogen-bond acceptors (Lipinski definition) is 4. The third-order valence-corrected chi connectivity index (χ3v) is 4.46. The minimum atomic E-state index is -0.141. The molecule has 0 radical (unpaired) electrons. The molecule has 1 rings (SSSR count). The van der Waals surface area contributed by atoms with E-state index in [9.17, 15) is 19.2 Å². The summed E-state index contributed by atoms with van der Waals surface area (Å²) in [5.41, 5.74) is 0. The largest absolute Gasteiger partial charge is 0.300 e.